The van der Waals surface area contributed by atoms with Crippen LogP contribution in [0.25, 0.3) is 0 Å². The van der Waals surface area contributed by atoms with E-state index in [0.717, 1.165) is 31.2 Å². The number of benzene rings is 1. The molecule has 0 saturated heterocycles. The number of amides is 2. The number of hydrogen-bond acceptors (Lipinski definition) is 3. The Morgan fingerprint density at radius 1 is 0.571 bits per heavy atom. The van der Waals surface area contributed by atoms with Crippen LogP contribution in [0.3, 0.4) is 0 Å². The van der Waals surface area contributed by atoms with Crippen molar-refractivity contribution in [1.29, 1.82) is 0 Å². The molecule has 1 aromatic rings. The molecule has 1 aromatic carbocycles. The molecule has 5 nitrogen and oxygen atoms in total. The zero-order chi connectivity index (χ0) is 25.4. The monoisotopic (exact) mass is 488 g/mol. The fourth-order valence-corrected chi connectivity index (χ4v) is 4.37. The Kier molecular flexibility index (Phi) is 19.9. The number of phenols is 1. The zero-order valence-corrected chi connectivity index (χ0v) is 22.4. The van der Waals surface area contributed by atoms with Crippen LogP contribution in [0.4, 0.5) is 0 Å². The average molecular weight is 489 g/mol. The van der Waals surface area contributed by atoms with Crippen molar-refractivity contribution in [3.63, 3.8) is 0 Å². The maximum absolute atomic E-state index is 11.9. The third-order valence-electron chi connectivity index (χ3n) is 6.64. The van der Waals surface area contributed by atoms with Crippen LogP contribution in [0.5, 0.6) is 5.75 Å². The molecule has 0 aliphatic carbocycles. The highest BCUT2D eigenvalue weighted by molar-refractivity contribution is 6.35. The number of hydrogen-bond donors (Lipinski definition) is 3. The summed E-state index contributed by atoms with van der Waals surface area (Å²) in [5.74, 6) is -0.841. The number of rotatable bonds is 22. The van der Waals surface area contributed by atoms with Crippen molar-refractivity contribution in [2.24, 2.45) is 0 Å². The maximum atomic E-state index is 11.9. The summed E-state index contributed by atoms with van der Waals surface area (Å²) < 4.78 is 0. The highest BCUT2D eigenvalue weighted by Crippen LogP contribution is 2.14. The van der Waals surface area contributed by atoms with Gasteiger partial charge in [-0.25, -0.2) is 0 Å². The molecule has 2 amide bonds. The molecule has 0 radical (unpaired) electrons. The number of carbonyl (C=O) groups is 2. The van der Waals surface area contributed by atoms with Gasteiger partial charge >= 0.3 is 11.8 Å². The summed E-state index contributed by atoms with van der Waals surface area (Å²) in [6, 6.07) is 7.03. The predicted octanol–water partition coefficient (Wildman–Crippen LogP) is 7.21. The third-order valence-corrected chi connectivity index (χ3v) is 6.64. The van der Waals surface area contributed by atoms with E-state index >= 15 is 0 Å². The Bertz CT molecular complexity index is 646. The van der Waals surface area contributed by atoms with E-state index in [4.69, 9.17) is 0 Å². The minimum absolute atomic E-state index is 0.248. The van der Waals surface area contributed by atoms with Gasteiger partial charge in [-0.05, 0) is 37.0 Å². The van der Waals surface area contributed by atoms with E-state index in [-0.39, 0.29) is 5.75 Å². The first kappa shape index (κ1) is 31.0. The molecule has 3 N–H and O–H groups in total. The molecule has 0 aliphatic heterocycles. The van der Waals surface area contributed by atoms with E-state index in [1.807, 2.05) is 12.1 Å². The largest absolute Gasteiger partial charge is 0.508 e. The van der Waals surface area contributed by atoms with Crippen molar-refractivity contribution < 1.29 is 14.7 Å². The van der Waals surface area contributed by atoms with Gasteiger partial charge in [0.05, 0.1) is 0 Å². The van der Waals surface area contributed by atoms with Crippen LogP contribution >= 0.6 is 0 Å². The van der Waals surface area contributed by atoms with Gasteiger partial charge in [0.1, 0.15) is 5.75 Å². The Morgan fingerprint density at radius 2 is 0.943 bits per heavy atom. The quantitative estimate of drug-likeness (QED) is 0.119. The van der Waals surface area contributed by atoms with Crippen molar-refractivity contribution in [3.8, 4) is 5.75 Å². The first-order chi connectivity index (χ1) is 17.1. The zero-order valence-electron chi connectivity index (χ0n) is 22.4. The molecule has 0 bridgehead atoms. The minimum Gasteiger partial charge on any atom is -0.508 e. The molecule has 0 aliphatic rings. The van der Waals surface area contributed by atoms with Crippen molar-refractivity contribution in [3.05, 3.63) is 29.8 Å². The lowest BCUT2D eigenvalue weighted by Gasteiger charge is -2.07. The molecular formula is C30H52N2O3. The summed E-state index contributed by atoms with van der Waals surface area (Å²) in [6.07, 6.45) is 24.2. The summed E-state index contributed by atoms with van der Waals surface area (Å²) in [5, 5.41) is 14.7. The first-order valence-corrected chi connectivity index (χ1v) is 14.5. The number of aromatic hydroxyl groups is 1. The van der Waals surface area contributed by atoms with Crippen LogP contribution in [0.15, 0.2) is 24.3 Å². The molecule has 0 heterocycles. The number of aryl methyl sites for hydroxylation is 1. The van der Waals surface area contributed by atoms with Crippen LogP contribution in [0.2, 0.25) is 0 Å². The normalized spacial score (nSPS) is 10.9. The Hall–Kier alpha value is -2.04. The van der Waals surface area contributed by atoms with Crippen LogP contribution in [0.1, 0.15) is 128 Å². The fraction of sp³-hybridized carbons (Fsp3) is 0.733. The van der Waals surface area contributed by atoms with Crippen LogP contribution < -0.4 is 10.6 Å². The molecule has 200 valence electrons. The Morgan fingerprint density at radius 3 is 1.37 bits per heavy atom. The van der Waals surface area contributed by atoms with Crippen molar-refractivity contribution in [2.45, 2.75) is 129 Å². The molecule has 5 heteroatoms. The Labute approximate surface area is 214 Å². The molecule has 0 saturated carbocycles. The smallest absolute Gasteiger partial charge is 0.309 e. The first-order valence-electron chi connectivity index (χ1n) is 14.5. The van der Waals surface area contributed by atoms with Gasteiger partial charge in [0.15, 0.2) is 0 Å². The second-order valence-electron chi connectivity index (χ2n) is 9.94. The van der Waals surface area contributed by atoms with Gasteiger partial charge in [-0.15, -0.1) is 0 Å². The van der Waals surface area contributed by atoms with Crippen molar-refractivity contribution in [1.82, 2.24) is 10.6 Å². The van der Waals surface area contributed by atoms with E-state index < -0.39 is 11.8 Å². The van der Waals surface area contributed by atoms with Crippen LogP contribution in [-0.2, 0) is 16.0 Å². The predicted molar refractivity (Wildman–Crippen MR) is 147 cm³/mol. The molecule has 0 unspecified atom stereocenters. The maximum Gasteiger partial charge on any atom is 0.309 e. The van der Waals surface area contributed by atoms with E-state index in [9.17, 15) is 14.7 Å². The van der Waals surface area contributed by atoms with Gasteiger partial charge in [0, 0.05) is 13.1 Å². The van der Waals surface area contributed by atoms with Gasteiger partial charge < -0.3 is 15.7 Å². The third kappa shape index (κ3) is 18.9. The molecule has 1 rings (SSSR count). The van der Waals surface area contributed by atoms with Gasteiger partial charge in [0.25, 0.3) is 0 Å². The molecule has 0 atom stereocenters. The number of phenolic OH excluding ortho intramolecular Hbond substituents is 1. The lowest BCUT2D eigenvalue weighted by molar-refractivity contribution is -0.139. The summed E-state index contributed by atoms with van der Waals surface area (Å²) in [5.41, 5.74) is 1.10. The molecule has 35 heavy (non-hydrogen) atoms. The summed E-state index contributed by atoms with van der Waals surface area (Å²) in [6.45, 7) is 3.31. The lowest BCUT2D eigenvalue weighted by atomic mass is 10.0. The van der Waals surface area contributed by atoms with E-state index in [2.05, 4.69) is 17.6 Å². The number of unbranched alkanes of at least 4 members (excludes halogenated alkanes) is 16. The SMILES string of the molecule is CCCCCCCCCCCCCCCCCCCNC(=O)C(=O)NCCCc1ccc(O)cc1. The van der Waals surface area contributed by atoms with Gasteiger partial charge in [-0.2, -0.15) is 0 Å². The Balaban J connectivity index is 1.81. The topological polar surface area (TPSA) is 78.4 Å². The lowest BCUT2D eigenvalue weighted by Crippen LogP contribution is -2.40. The van der Waals surface area contributed by atoms with E-state index in [0.29, 0.717) is 13.1 Å². The molecular weight excluding hydrogens is 436 g/mol. The second kappa shape index (κ2) is 22.4. The van der Waals surface area contributed by atoms with Gasteiger partial charge in [0.2, 0.25) is 0 Å². The highest BCUT2D eigenvalue weighted by Gasteiger charge is 2.11. The molecule has 0 spiro atoms. The summed E-state index contributed by atoms with van der Waals surface area (Å²) >= 11 is 0. The van der Waals surface area contributed by atoms with Crippen LogP contribution in [-0.4, -0.2) is 30.0 Å². The van der Waals surface area contributed by atoms with Crippen molar-refractivity contribution >= 4 is 11.8 Å². The van der Waals surface area contributed by atoms with Crippen molar-refractivity contribution in [2.75, 3.05) is 13.1 Å². The number of carbonyl (C=O) groups excluding carboxylic acids is 2. The summed E-state index contributed by atoms with van der Waals surface area (Å²) in [4.78, 5) is 23.7. The van der Waals surface area contributed by atoms with E-state index in [1.54, 1.807) is 12.1 Å². The van der Waals surface area contributed by atoms with Gasteiger partial charge in [-0.1, -0.05) is 122 Å². The number of nitrogens with one attached hydrogen (secondary N) is 2. The molecule has 0 aromatic heterocycles. The summed E-state index contributed by atoms with van der Waals surface area (Å²) in [7, 11) is 0. The van der Waals surface area contributed by atoms with Gasteiger partial charge in [-0.3, -0.25) is 9.59 Å². The average Bonchev–Trinajstić information content (AvgIpc) is 2.86. The van der Waals surface area contributed by atoms with Crippen LogP contribution in [0, 0.1) is 0 Å². The fourth-order valence-electron chi connectivity index (χ4n) is 4.37. The standard InChI is InChI=1S/C30H52N2O3/c1-2-3-4-5-6-7-8-9-10-11-12-13-14-15-16-17-18-25-31-29(34)30(35)32-26-19-20-27-21-23-28(33)24-22-27/h21-24,33H,2-20,25-26H2,1H3,(H,31,34)(H,32,35). The highest BCUT2D eigenvalue weighted by atomic mass is 16.3. The van der Waals surface area contributed by atoms with E-state index in [1.165, 1.54) is 96.3 Å². The molecule has 0 fully saturated rings. The minimum atomic E-state index is -0.553. The second-order valence-corrected chi connectivity index (χ2v) is 9.94.